The Bertz CT molecular complexity index is 424. The summed E-state index contributed by atoms with van der Waals surface area (Å²) in [6.45, 7) is 2.66. The normalized spacial score (nSPS) is 12.2. The number of hydrogen-bond donors (Lipinski definition) is 2. The Labute approximate surface area is 123 Å². The molecule has 0 saturated carbocycles. The minimum atomic E-state index is -2.82. The average Bonchev–Trinajstić information content (AvgIpc) is 2.44. The number of aryl methyl sites for hydroxylation is 1. The Balaban J connectivity index is 2.29. The molecule has 21 heavy (non-hydrogen) atoms. The van der Waals surface area contributed by atoms with Gasteiger partial charge in [-0.1, -0.05) is 19.1 Å². The summed E-state index contributed by atoms with van der Waals surface area (Å²) in [6, 6.07) is 6.57. The fourth-order valence-electron chi connectivity index (χ4n) is 1.87. The van der Waals surface area contributed by atoms with Crippen LogP contribution in [0.25, 0.3) is 0 Å². The van der Waals surface area contributed by atoms with Crippen LogP contribution in [-0.2, 0) is 11.2 Å². The number of halogens is 2. The molecule has 4 nitrogen and oxygen atoms in total. The molecule has 6 heteroatoms. The smallest absolute Gasteiger partial charge is 0.387 e. The molecule has 0 aliphatic rings. The van der Waals surface area contributed by atoms with E-state index in [0.717, 1.165) is 12.1 Å². The van der Waals surface area contributed by atoms with E-state index in [9.17, 15) is 13.6 Å². The maximum atomic E-state index is 12.0. The molecule has 118 valence electrons. The van der Waals surface area contributed by atoms with Crippen molar-refractivity contribution in [3.05, 3.63) is 29.8 Å². The van der Waals surface area contributed by atoms with Crippen molar-refractivity contribution < 1.29 is 18.3 Å². The number of carbonyl (C=O) groups excluding carboxylic acids is 1. The lowest BCUT2D eigenvalue weighted by molar-refractivity contribution is -0.121. The third kappa shape index (κ3) is 7.60. The van der Waals surface area contributed by atoms with E-state index in [2.05, 4.69) is 15.4 Å². The number of rotatable bonds is 9. The van der Waals surface area contributed by atoms with Gasteiger partial charge in [0.1, 0.15) is 5.75 Å². The van der Waals surface area contributed by atoms with Crippen LogP contribution in [-0.4, -0.2) is 31.7 Å². The molecule has 0 aliphatic carbocycles. The van der Waals surface area contributed by atoms with Crippen molar-refractivity contribution >= 4 is 5.91 Å². The topological polar surface area (TPSA) is 50.4 Å². The van der Waals surface area contributed by atoms with Gasteiger partial charge in [0.2, 0.25) is 5.91 Å². The Morgan fingerprint density at radius 2 is 1.95 bits per heavy atom. The average molecular weight is 300 g/mol. The molecule has 0 spiro atoms. The predicted octanol–water partition coefficient (Wildman–Crippen LogP) is 2.33. The highest BCUT2D eigenvalue weighted by atomic mass is 19.3. The second-order valence-electron chi connectivity index (χ2n) is 4.79. The summed E-state index contributed by atoms with van der Waals surface area (Å²) in [5.74, 6) is 0.102. The summed E-state index contributed by atoms with van der Waals surface area (Å²) in [5, 5.41) is 6.06. The van der Waals surface area contributed by atoms with Gasteiger partial charge in [0, 0.05) is 19.0 Å². The maximum Gasteiger partial charge on any atom is 0.387 e. The van der Waals surface area contributed by atoms with Crippen LogP contribution < -0.4 is 15.4 Å². The first kappa shape index (κ1) is 17.4. The third-order valence-corrected chi connectivity index (χ3v) is 2.95. The van der Waals surface area contributed by atoms with Crippen LogP contribution >= 0.6 is 0 Å². The van der Waals surface area contributed by atoms with E-state index in [-0.39, 0.29) is 17.7 Å². The van der Waals surface area contributed by atoms with Crippen molar-refractivity contribution in [2.24, 2.45) is 0 Å². The van der Waals surface area contributed by atoms with Crippen molar-refractivity contribution in [3.8, 4) is 5.75 Å². The number of alkyl halides is 2. The van der Waals surface area contributed by atoms with Crippen molar-refractivity contribution in [1.82, 2.24) is 10.6 Å². The van der Waals surface area contributed by atoms with Gasteiger partial charge in [-0.05, 0) is 37.6 Å². The highest BCUT2D eigenvalue weighted by Gasteiger charge is 2.06. The van der Waals surface area contributed by atoms with Crippen molar-refractivity contribution in [2.45, 2.75) is 39.3 Å². The standard InChI is InChI=1S/C15H22F2N2O2/c1-3-18-11(2)10-19-14(20)9-6-12-4-7-13(8-5-12)21-15(16)17/h4-5,7-8,11,15,18H,3,6,9-10H2,1-2H3,(H,19,20)/t11-/m1/s1. The molecular weight excluding hydrogens is 278 g/mol. The third-order valence-electron chi connectivity index (χ3n) is 2.95. The van der Waals surface area contributed by atoms with E-state index in [1.54, 1.807) is 12.1 Å². The van der Waals surface area contributed by atoms with E-state index < -0.39 is 6.61 Å². The summed E-state index contributed by atoms with van der Waals surface area (Å²) in [4.78, 5) is 11.7. The summed E-state index contributed by atoms with van der Waals surface area (Å²) >= 11 is 0. The monoisotopic (exact) mass is 300 g/mol. The lowest BCUT2D eigenvalue weighted by atomic mass is 10.1. The van der Waals surface area contributed by atoms with Crippen LogP contribution in [0.1, 0.15) is 25.8 Å². The lowest BCUT2D eigenvalue weighted by Gasteiger charge is -2.13. The van der Waals surface area contributed by atoms with Gasteiger partial charge in [0.25, 0.3) is 0 Å². The van der Waals surface area contributed by atoms with E-state index in [0.29, 0.717) is 19.4 Å². The van der Waals surface area contributed by atoms with Gasteiger partial charge in [0.15, 0.2) is 0 Å². The van der Waals surface area contributed by atoms with E-state index in [4.69, 9.17) is 0 Å². The van der Waals surface area contributed by atoms with Crippen LogP contribution in [0.15, 0.2) is 24.3 Å². The number of benzene rings is 1. The van der Waals surface area contributed by atoms with Crippen LogP contribution in [0, 0.1) is 0 Å². The molecule has 0 saturated heterocycles. The molecule has 1 atom stereocenters. The predicted molar refractivity (Wildman–Crippen MR) is 77.5 cm³/mol. The first-order valence-corrected chi connectivity index (χ1v) is 7.05. The number of nitrogens with one attached hydrogen (secondary N) is 2. The Kier molecular flexibility index (Phi) is 7.68. The van der Waals surface area contributed by atoms with Gasteiger partial charge >= 0.3 is 6.61 Å². The quantitative estimate of drug-likeness (QED) is 0.736. The van der Waals surface area contributed by atoms with Gasteiger partial charge in [-0.25, -0.2) is 0 Å². The minimum Gasteiger partial charge on any atom is -0.435 e. The Morgan fingerprint density at radius 1 is 1.29 bits per heavy atom. The number of likely N-dealkylation sites (N-methyl/N-ethyl adjacent to an activating group) is 1. The molecule has 1 aromatic carbocycles. The number of ether oxygens (including phenoxy) is 1. The molecule has 1 rings (SSSR count). The fourth-order valence-corrected chi connectivity index (χ4v) is 1.87. The highest BCUT2D eigenvalue weighted by molar-refractivity contribution is 5.76. The van der Waals surface area contributed by atoms with Crippen LogP contribution in [0.4, 0.5) is 8.78 Å². The van der Waals surface area contributed by atoms with Crippen LogP contribution in [0.3, 0.4) is 0 Å². The molecule has 0 fully saturated rings. The summed E-state index contributed by atoms with van der Waals surface area (Å²) in [6.07, 6.45) is 0.935. The number of carbonyl (C=O) groups is 1. The zero-order chi connectivity index (χ0) is 15.7. The van der Waals surface area contributed by atoms with Gasteiger partial charge in [-0.15, -0.1) is 0 Å². The molecule has 0 bridgehead atoms. The SMILES string of the molecule is CCN[C@H](C)CNC(=O)CCc1ccc(OC(F)F)cc1. The number of hydrogen-bond acceptors (Lipinski definition) is 3. The molecule has 1 aromatic rings. The summed E-state index contributed by atoms with van der Waals surface area (Å²) < 4.78 is 28.3. The summed E-state index contributed by atoms with van der Waals surface area (Å²) in [5.41, 5.74) is 0.909. The van der Waals surface area contributed by atoms with Crippen molar-refractivity contribution in [1.29, 1.82) is 0 Å². The summed E-state index contributed by atoms with van der Waals surface area (Å²) in [7, 11) is 0. The van der Waals surface area contributed by atoms with Crippen molar-refractivity contribution in [3.63, 3.8) is 0 Å². The zero-order valence-electron chi connectivity index (χ0n) is 12.4. The second kappa shape index (κ2) is 9.28. The van der Waals surface area contributed by atoms with E-state index >= 15 is 0 Å². The van der Waals surface area contributed by atoms with Gasteiger partial charge in [-0.3, -0.25) is 4.79 Å². The molecule has 0 aliphatic heterocycles. The molecule has 0 unspecified atom stereocenters. The lowest BCUT2D eigenvalue weighted by Crippen LogP contribution is -2.38. The van der Waals surface area contributed by atoms with Crippen molar-refractivity contribution in [2.75, 3.05) is 13.1 Å². The largest absolute Gasteiger partial charge is 0.435 e. The zero-order valence-corrected chi connectivity index (χ0v) is 12.4. The molecular formula is C15H22F2N2O2. The van der Waals surface area contributed by atoms with Gasteiger partial charge in [0.05, 0.1) is 0 Å². The Morgan fingerprint density at radius 3 is 2.52 bits per heavy atom. The molecule has 0 aromatic heterocycles. The highest BCUT2D eigenvalue weighted by Crippen LogP contribution is 2.15. The molecule has 1 amide bonds. The molecule has 0 radical (unpaired) electrons. The first-order valence-electron chi connectivity index (χ1n) is 7.05. The first-order chi connectivity index (χ1) is 10.0. The Hall–Kier alpha value is -1.69. The fraction of sp³-hybridized carbons (Fsp3) is 0.533. The van der Waals surface area contributed by atoms with Gasteiger partial charge in [-0.2, -0.15) is 8.78 Å². The van der Waals surface area contributed by atoms with E-state index in [1.807, 2.05) is 13.8 Å². The molecule has 2 N–H and O–H groups in total. The molecule has 0 heterocycles. The maximum absolute atomic E-state index is 12.0. The number of amides is 1. The van der Waals surface area contributed by atoms with E-state index in [1.165, 1.54) is 12.1 Å². The minimum absolute atomic E-state index is 0.0207. The van der Waals surface area contributed by atoms with Gasteiger partial charge < -0.3 is 15.4 Å². The van der Waals surface area contributed by atoms with Crippen LogP contribution in [0.2, 0.25) is 0 Å². The second-order valence-corrected chi connectivity index (χ2v) is 4.79. The van der Waals surface area contributed by atoms with Crippen LogP contribution in [0.5, 0.6) is 5.75 Å².